The van der Waals surface area contributed by atoms with Crippen LogP contribution in [0.15, 0.2) is 76.9 Å². The molecule has 2 heterocycles. The highest BCUT2D eigenvalue weighted by atomic mass is 32.2. The van der Waals surface area contributed by atoms with Crippen LogP contribution in [0.1, 0.15) is 53.9 Å². The summed E-state index contributed by atoms with van der Waals surface area (Å²) in [6.07, 6.45) is 4.63. The topological polar surface area (TPSA) is 82.9 Å². The summed E-state index contributed by atoms with van der Waals surface area (Å²) in [6, 6.07) is 19.2. The maximum Gasteiger partial charge on any atom is 0.253 e. The van der Waals surface area contributed by atoms with Crippen LogP contribution in [0, 0.1) is 0 Å². The van der Waals surface area contributed by atoms with Crippen molar-refractivity contribution in [3.8, 4) is 0 Å². The van der Waals surface area contributed by atoms with E-state index in [0.29, 0.717) is 24.3 Å². The number of carbonyl (C=O) groups is 1. The Morgan fingerprint density at radius 3 is 2.22 bits per heavy atom. The minimum Gasteiger partial charge on any atom is -0.468 e. The van der Waals surface area contributed by atoms with E-state index in [1.54, 1.807) is 12.3 Å². The number of hydrogen-bond donors (Lipinski definition) is 1. The average molecular weight is 522 g/mol. The second kappa shape index (κ2) is 11.8. The quantitative estimate of drug-likeness (QED) is 0.417. The van der Waals surface area contributed by atoms with Crippen molar-refractivity contribution >= 4 is 27.2 Å². The Kier molecular flexibility index (Phi) is 8.51. The normalized spacial score (nSPS) is 14.4. The van der Waals surface area contributed by atoms with E-state index in [1.165, 1.54) is 5.57 Å². The molecular weight excluding hydrogens is 486 g/mol. The SMILES string of the molecule is CCN(CC)C(=O)c1ccc(C(=C2CCN(Cc3ccco3)CC2)c2cccc(NS(C)(=O)=O)c2)cc1. The lowest BCUT2D eigenvalue weighted by molar-refractivity contribution is 0.0773. The molecule has 1 aliphatic heterocycles. The zero-order valence-electron chi connectivity index (χ0n) is 21.7. The average Bonchev–Trinajstić information content (AvgIpc) is 3.39. The summed E-state index contributed by atoms with van der Waals surface area (Å²) in [7, 11) is -3.39. The smallest absolute Gasteiger partial charge is 0.253 e. The Morgan fingerprint density at radius 1 is 0.946 bits per heavy atom. The Hall–Kier alpha value is -3.36. The highest BCUT2D eigenvalue weighted by molar-refractivity contribution is 7.92. The van der Waals surface area contributed by atoms with Crippen LogP contribution in [0.4, 0.5) is 5.69 Å². The molecule has 8 heteroatoms. The summed E-state index contributed by atoms with van der Waals surface area (Å²) in [4.78, 5) is 17.0. The molecule has 0 atom stereocenters. The zero-order chi connectivity index (χ0) is 26.4. The van der Waals surface area contributed by atoms with E-state index < -0.39 is 10.0 Å². The molecule has 1 aromatic heterocycles. The summed E-state index contributed by atoms with van der Waals surface area (Å²) in [5, 5.41) is 0. The predicted molar refractivity (Wildman–Crippen MR) is 148 cm³/mol. The highest BCUT2D eigenvalue weighted by Gasteiger charge is 2.21. The van der Waals surface area contributed by atoms with E-state index in [2.05, 4.69) is 9.62 Å². The fraction of sp³-hybridized carbons (Fsp3) is 0.345. The zero-order valence-corrected chi connectivity index (χ0v) is 22.6. The number of hydrogen-bond acceptors (Lipinski definition) is 5. The number of carbonyl (C=O) groups excluding carboxylic acids is 1. The van der Waals surface area contributed by atoms with E-state index in [-0.39, 0.29) is 5.91 Å². The van der Waals surface area contributed by atoms with Gasteiger partial charge in [-0.3, -0.25) is 14.4 Å². The van der Waals surface area contributed by atoms with Gasteiger partial charge in [-0.2, -0.15) is 0 Å². The molecule has 1 aliphatic rings. The van der Waals surface area contributed by atoms with E-state index >= 15 is 0 Å². The molecule has 0 bridgehead atoms. The number of anilines is 1. The van der Waals surface area contributed by atoms with Gasteiger partial charge in [0.2, 0.25) is 10.0 Å². The van der Waals surface area contributed by atoms with Crippen LogP contribution in [0.25, 0.3) is 5.57 Å². The third kappa shape index (κ3) is 6.90. The maximum absolute atomic E-state index is 12.8. The van der Waals surface area contributed by atoms with Crippen LogP contribution >= 0.6 is 0 Å². The largest absolute Gasteiger partial charge is 0.468 e. The van der Waals surface area contributed by atoms with Gasteiger partial charge in [0, 0.05) is 37.4 Å². The number of piperidine rings is 1. The number of nitrogens with one attached hydrogen (secondary N) is 1. The molecule has 7 nitrogen and oxygen atoms in total. The molecule has 0 saturated carbocycles. The van der Waals surface area contributed by atoms with Gasteiger partial charge in [0.1, 0.15) is 5.76 Å². The molecule has 2 aromatic carbocycles. The highest BCUT2D eigenvalue weighted by Crippen LogP contribution is 2.34. The molecular formula is C29H35N3O4S. The summed E-state index contributed by atoms with van der Waals surface area (Å²) >= 11 is 0. The lowest BCUT2D eigenvalue weighted by Gasteiger charge is -2.29. The van der Waals surface area contributed by atoms with Crippen molar-refractivity contribution in [3.05, 3.63) is 95.0 Å². The van der Waals surface area contributed by atoms with Gasteiger partial charge < -0.3 is 9.32 Å². The Bertz CT molecular complexity index is 1330. The third-order valence-electron chi connectivity index (χ3n) is 6.70. The predicted octanol–water partition coefficient (Wildman–Crippen LogP) is 5.23. The van der Waals surface area contributed by atoms with Crippen molar-refractivity contribution in [3.63, 3.8) is 0 Å². The Labute approximate surface area is 219 Å². The number of nitrogens with zero attached hydrogens (tertiary/aromatic N) is 2. The molecule has 1 N–H and O–H groups in total. The molecule has 0 radical (unpaired) electrons. The van der Waals surface area contributed by atoms with E-state index in [9.17, 15) is 13.2 Å². The van der Waals surface area contributed by atoms with Gasteiger partial charge in [-0.1, -0.05) is 29.8 Å². The van der Waals surface area contributed by atoms with E-state index in [1.807, 2.05) is 73.3 Å². The summed E-state index contributed by atoms with van der Waals surface area (Å²) in [5.74, 6) is 0.983. The lowest BCUT2D eigenvalue weighted by Crippen LogP contribution is -2.30. The molecule has 37 heavy (non-hydrogen) atoms. The van der Waals surface area contributed by atoms with E-state index in [0.717, 1.165) is 61.2 Å². The van der Waals surface area contributed by atoms with Crippen LogP contribution in [-0.4, -0.2) is 56.6 Å². The molecule has 0 unspecified atom stereocenters. The van der Waals surface area contributed by atoms with Crippen LogP contribution < -0.4 is 4.72 Å². The van der Waals surface area contributed by atoms with Gasteiger partial charge in [-0.25, -0.2) is 8.42 Å². The van der Waals surface area contributed by atoms with Gasteiger partial charge in [-0.15, -0.1) is 0 Å². The van der Waals surface area contributed by atoms with Crippen molar-refractivity contribution < 1.29 is 17.6 Å². The first-order valence-corrected chi connectivity index (χ1v) is 14.6. The first kappa shape index (κ1) is 26.7. The van der Waals surface area contributed by atoms with Crippen molar-refractivity contribution in [1.29, 1.82) is 0 Å². The van der Waals surface area contributed by atoms with Crippen molar-refractivity contribution in [1.82, 2.24) is 9.80 Å². The number of amides is 1. The molecule has 1 saturated heterocycles. The first-order valence-electron chi connectivity index (χ1n) is 12.7. The number of furan rings is 1. The number of likely N-dealkylation sites (tertiary alicyclic amines) is 1. The van der Waals surface area contributed by atoms with Crippen LogP contribution in [0.5, 0.6) is 0 Å². The molecule has 1 amide bonds. The van der Waals surface area contributed by atoms with Gasteiger partial charge in [0.05, 0.1) is 19.1 Å². The minimum atomic E-state index is -3.39. The van der Waals surface area contributed by atoms with Crippen LogP contribution in [0.3, 0.4) is 0 Å². The third-order valence-corrected chi connectivity index (χ3v) is 7.30. The Balaban J connectivity index is 1.67. The summed E-state index contributed by atoms with van der Waals surface area (Å²) in [6.45, 7) is 7.88. The van der Waals surface area contributed by atoms with Gasteiger partial charge in [-0.05, 0) is 79.8 Å². The molecule has 0 spiro atoms. The summed E-state index contributed by atoms with van der Waals surface area (Å²) < 4.78 is 31.8. The number of rotatable bonds is 9. The van der Waals surface area contributed by atoms with Gasteiger partial charge >= 0.3 is 0 Å². The minimum absolute atomic E-state index is 0.0244. The van der Waals surface area contributed by atoms with Crippen LogP contribution in [-0.2, 0) is 16.6 Å². The lowest BCUT2D eigenvalue weighted by atomic mass is 9.88. The molecule has 4 rings (SSSR count). The van der Waals surface area contributed by atoms with Crippen molar-refractivity contribution in [2.24, 2.45) is 0 Å². The fourth-order valence-corrected chi connectivity index (χ4v) is 5.41. The fourth-order valence-electron chi connectivity index (χ4n) is 4.85. The van der Waals surface area contributed by atoms with Crippen LogP contribution in [0.2, 0.25) is 0 Å². The van der Waals surface area contributed by atoms with Gasteiger partial charge in [0.15, 0.2) is 0 Å². The van der Waals surface area contributed by atoms with Gasteiger partial charge in [0.25, 0.3) is 5.91 Å². The number of benzene rings is 2. The summed E-state index contributed by atoms with van der Waals surface area (Å²) in [5.41, 5.74) is 5.57. The van der Waals surface area contributed by atoms with Crippen molar-refractivity contribution in [2.75, 3.05) is 37.2 Å². The second-order valence-corrected chi connectivity index (χ2v) is 11.1. The Morgan fingerprint density at radius 2 is 1.62 bits per heavy atom. The van der Waals surface area contributed by atoms with E-state index in [4.69, 9.17) is 4.42 Å². The molecule has 3 aromatic rings. The number of sulfonamides is 1. The maximum atomic E-state index is 12.8. The first-order chi connectivity index (χ1) is 17.8. The second-order valence-electron chi connectivity index (χ2n) is 9.34. The molecule has 196 valence electrons. The standard InChI is InChI=1S/C29H35N3O4S/c1-4-32(5-2)29(33)24-13-11-22(12-14-24)28(25-8-6-9-26(20-25)30-37(3,34)35)23-15-17-31(18-16-23)21-27-10-7-19-36-27/h6-14,19-20,30H,4-5,15-18,21H2,1-3H3. The van der Waals surface area contributed by atoms with Crippen molar-refractivity contribution in [2.45, 2.75) is 33.2 Å². The monoisotopic (exact) mass is 521 g/mol. The molecule has 0 aliphatic carbocycles. The molecule has 1 fully saturated rings.